The van der Waals surface area contributed by atoms with Gasteiger partial charge in [0.05, 0.1) is 30.0 Å². The van der Waals surface area contributed by atoms with Gasteiger partial charge < -0.3 is 9.80 Å². The summed E-state index contributed by atoms with van der Waals surface area (Å²) in [6, 6.07) is 0.357. The van der Waals surface area contributed by atoms with Crippen LogP contribution >= 0.6 is 11.3 Å². The molecule has 2 fully saturated rings. The van der Waals surface area contributed by atoms with Crippen LogP contribution in [0.15, 0.2) is 23.3 Å². The summed E-state index contributed by atoms with van der Waals surface area (Å²) in [6.07, 6.45) is 4.12. The van der Waals surface area contributed by atoms with Gasteiger partial charge in [-0.1, -0.05) is 0 Å². The first-order valence-corrected chi connectivity index (χ1v) is 8.11. The molecule has 4 heterocycles. The number of likely N-dealkylation sites (tertiary alicyclic amines) is 1. The van der Waals surface area contributed by atoms with Crippen molar-refractivity contribution in [3.8, 4) is 0 Å². The highest BCUT2D eigenvalue weighted by Crippen LogP contribution is 2.34. The van der Waals surface area contributed by atoms with Crippen LogP contribution < -0.4 is 4.90 Å². The van der Waals surface area contributed by atoms with Crippen molar-refractivity contribution in [2.45, 2.75) is 24.9 Å². The van der Waals surface area contributed by atoms with Gasteiger partial charge in [0.15, 0.2) is 5.82 Å². The molecule has 2 aromatic rings. The van der Waals surface area contributed by atoms with Crippen LogP contribution in [0.1, 0.15) is 23.3 Å². The van der Waals surface area contributed by atoms with E-state index in [0.717, 1.165) is 19.4 Å². The summed E-state index contributed by atoms with van der Waals surface area (Å²) < 4.78 is 13.0. The van der Waals surface area contributed by atoms with E-state index in [2.05, 4.69) is 19.9 Å². The topological polar surface area (TPSA) is 62.2 Å². The number of halogens is 1. The third-order valence-corrected chi connectivity index (χ3v) is 4.94. The van der Waals surface area contributed by atoms with E-state index in [4.69, 9.17) is 0 Å². The zero-order chi connectivity index (χ0) is 15.1. The molecule has 2 aromatic heterocycles. The van der Waals surface area contributed by atoms with Crippen molar-refractivity contribution in [1.82, 2.24) is 19.9 Å². The van der Waals surface area contributed by atoms with Gasteiger partial charge in [0.1, 0.15) is 5.69 Å². The van der Waals surface area contributed by atoms with Gasteiger partial charge in [0, 0.05) is 18.5 Å². The van der Waals surface area contributed by atoms with Crippen molar-refractivity contribution >= 4 is 23.2 Å². The van der Waals surface area contributed by atoms with Crippen LogP contribution in [0.25, 0.3) is 0 Å². The Bertz CT molecular complexity index is 677. The first-order chi connectivity index (χ1) is 10.7. The van der Waals surface area contributed by atoms with E-state index in [1.54, 1.807) is 10.9 Å². The summed E-state index contributed by atoms with van der Waals surface area (Å²) in [6.45, 7) is 1.49. The molecule has 0 saturated carbocycles. The number of nitrogens with zero attached hydrogens (tertiary/aromatic N) is 5. The van der Waals surface area contributed by atoms with Crippen molar-refractivity contribution in [1.29, 1.82) is 0 Å². The van der Waals surface area contributed by atoms with Crippen molar-refractivity contribution in [2.24, 2.45) is 0 Å². The molecule has 0 radical (unpaired) electrons. The summed E-state index contributed by atoms with van der Waals surface area (Å²) in [5.74, 6) is 0.0961. The van der Waals surface area contributed by atoms with Gasteiger partial charge in [-0.05, 0) is 12.8 Å². The Kier molecular flexibility index (Phi) is 3.25. The summed E-state index contributed by atoms with van der Waals surface area (Å²) in [7, 11) is 0. The fraction of sp³-hybridized carbons (Fsp3) is 0.429. The summed E-state index contributed by atoms with van der Waals surface area (Å²) in [5.41, 5.74) is 2.19. The van der Waals surface area contributed by atoms with E-state index in [9.17, 15) is 9.18 Å². The number of carbonyl (C=O) groups is 1. The third kappa shape index (κ3) is 2.14. The third-order valence-electron chi connectivity index (χ3n) is 4.35. The number of anilines is 1. The molecule has 2 saturated heterocycles. The van der Waals surface area contributed by atoms with Crippen LogP contribution in [0.4, 0.5) is 10.3 Å². The number of hydrogen-bond acceptors (Lipinski definition) is 6. The molecule has 0 unspecified atom stereocenters. The summed E-state index contributed by atoms with van der Waals surface area (Å²) in [4.78, 5) is 28.7. The molecule has 0 bridgehead atoms. The number of fused-ring (bicyclic) bond motifs is 1. The highest BCUT2D eigenvalue weighted by atomic mass is 32.1. The Balaban J connectivity index is 1.54. The van der Waals surface area contributed by atoms with Crippen LogP contribution in [-0.2, 0) is 0 Å². The zero-order valence-corrected chi connectivity index (χ0v) is 12.5. The number of aromatic nitrogens is 3. The van der Waals surface area contributed by atoms with Crippen LogP contribution in [0.2, 0.25) is 0 Å². The minimum absolute atomic E-state index is 0.00405. The van der Waals surface area contributed by atoms with E-state index >= 15 is 0 Å². The average Bonchev–Trinajstić information content (AvgIpc) is 3.25. The molecule has 2 atom stereocenters. The Morgan fingerprint density at radius 2 is 1.95 bits per heavy atom. The number of rotatable bonds is 2. The number of hydrogen-bond donors (Lipinski definition) is 0. The molecule has 2 aliphatic heterocycles. The van der Waals surface area contributed by atoms with Gasteiger partial charge in [-0.15, -0.1) is 11.3 Å². The zero-order valence-electron chi connectivity index (χ0n) is 11.7. The fourth-order valence-corrected chi connectivity index (χ4v) is 3.93. The van der Waals surface area contributed by atoms with E-state index < -0.39 is 5.82 Å². The number of carbonyl (C=O) groups excluding carboxylic acids is 1. The fourth-order valence-electron chi connectivity index (χ4n) is 3.41. The molecule has 114 valence electrons. The first-order valence-electron chi connectivity index (χ1n) is 7.17. The van der Waals surface area contributed by atoms with Crippen molar-refractivity contribution in [3.63, 3.8) is 0 Å². The standard InChI is InChI=1S/C14H14FN5OS/c15-9-5-16-14(17-6-9)20-4-2-11-12(20)1-3-19(11)13(21)10-7-22-8-18-10/h5-8,11-12H,1-4H2/t11-,12+/m0/s1. The SMILES string of the molecule is O=C(c1cscn1)N1CC[C@@H]2[C@@H]1CCN2c1ncc(F)cn1. The second-order valence-corrected chi connectivity index (χ2v) is 6.20. The van der Waals surface area contributed by atoms with E-state index in [0.29, 0.717) is 18.2 Å². The lowest BCUT2D eigenvalue weighted by Gasteiger charge is -2.25. The monoisotopic (exact) mass is 319 g/mol. The van der Waals surface area contributed by atoms with Gasteiger partial charge in [-0.25, -0.2) is 19.3 Å². The first kappa shape index (κ1) is 13.6. The summed E-state index contributed by atoms with van der Waals surface area (Å²) >= 11 is 1.43. The maximum atomic E-state index is 13.0. The lowest BCUT2D eigenvalue weighted by atomic mass is 10.1. The van der Waals surface area contributed by atoms with E-state index in [-0.39, 0.29) is 18.0 Å². The van der Waals surface area contributed by atoms with Gasteiger partial charge in [0.2, 0.25) is 5.95 Å². The van der Waals surface area contributed by atoms with Crippen LogP contribution in [0.5, 0.6) is 0 Å². The normalized spacial score (nSPS) is 23.9. The molecular weight excluding hydrogens is 305 g/mol. The van der Waals surface area contributed by atoms with Crippen molar-refractivity contribution in [2.75, 3.05) is 18.0 Å². The molecule has 0 spiro atoms. The van der Waals surface area contributed by atoms with Gasteiger partial charge in [0.25, 0.3) is 5.91 Å². The van der Waals surface area contributed by atoms with Gasteiger partial charge >= 0.3 is 0 Å². The van der Waals surface area contributed by atoms with E-state index in [1.165, 1.54) is 23.7 Å². The molecule has 22 heavy (non-hydrogen) atoms. The lowest BCUT2D eigenvalue weighted by Crippen LogP contribution is -2.40. The average molecular weight is 319 g/mol. The maximum absolute atomic E-state index is 13.0. The minimum Gasteiger partial charge on any atom is -0.336 e. The highest BCUT2D eigenvalue weighted by molar-refractivity contribution is 7.07. The molecule has 6 nitrogen and oxygen atoms in total. The second kappa shape index (κ2) is 5.28. The molecule has 2 aliphatic rings. The second-order valence-electron chi connectivity index (χ2n) is 5.48. The smallest absolute Gasteiger partial charge is 0.273 e. The van der Waals surface area contributed by atoms with Crippen LogP contribution in [-0.4, -0.2) is 50.9 Å². The molecule has 0 N–H and O–H groups in total. The number of amides is 1. The predicted molar refractivity (Wildman–Crippen MR) is 79.3 cm³/mol. The van der Waals surface area contributed by atoms with Crippen LogP contribution in [0.3, 0.4) is 0 Å². The predicted octanol–water partition coefficient (Wildman–Crippen LogP) is 1.57. The molecule has 0 aliphatic carbocycles. The minimum atomic E-state index is -0.439. The van der Waals surface area contributed by atoms with Gasteiger partial charge in [-0.3, -0.25) is 4.79 Å². The molecule has 1 amide bonds. The Morgan fingerprint density at radius 3 is 2.68 bits per heavy atom. The summed E-state index contributed by atoms with van der Waals surface area (Å²) in [5, 5.41) is 1.78. The number of thiazole rings is 1. The highest BCUT2D eigenvalue weighted by Gasteiger charge is 2.45. The lowest BCUT2D eigenvalue weighted by molar-refractivity contribution is 0.0732. The Morgan fingerprint density at radius 1 is 1.18 bits per heavy atom. The molecule has 0 aromatic carbocycles. The van der Waals surface area contributed by atoms with Crippen molar-refractivity contribution in [3.05, 3.63) is 34.8 Å². The maximum Gasteiger partial charge on any atom is 0.273 e. The van der Waals surface area contributed by atoms with Crippen molar-refractivity contribution < 1.29 is 9.18 Å². The van der Waals surface area contributed by atoms with E-state index in [1.807, 2.05) is 4.90 Å². The molecular formula is C14H14FN5OS. The van der Waals surface area contributed by atoms with Gasteiger partial charge in [-0.2, -0.15) is 0 Å². The molecule has 4 rings (SSSR count). The van der Waals surface area contributed by atoms with Crippen LogP contribution in [0, 0.1) is 5.82 Å². The quantitative estimate of drug-likeness (QED) is 0.841. The Hall–Kier alpha value is -2.09. The Labute approximate surface area is 130 Å². The largest absolute Gasteiger partial charge is 0.336 e. The molecule has 8 heteroatoms.